The topological polar surface area (TPSA) is 56.1 Å². The van der Waals surface area contributed by atoms with Crippen LogP contribution in [0.25, 0.3) is 0 Å². The summed E-state index contributed by atoms with van der Waals surface area (Å²) in [6.45, 7) is 6.49. The molecule has 1 aliphatic rings. The molecular weight excluding hydrogens is 322 g/mol. The Morgan fingerprint density at radius 2 is 2.40 bits per heavy atom. The van der Waals surface area contributed by atoms with Crippen molar-refractivity contribution in [1.29, 1.82) is 0 Å². The van der Waals surface area contributed by atoms with Crippen LogP contribution in [0.3, 0.4) is 0 Å². The van der Waals surface area contributed by atoms with Gasteiger partial charge in [0.2, 0.25) is 0 Å². The van der Waals surface area contributed by atoms with E-state index >= 15 is 0 Å². The molecule has 5 nitrogen and oxygen atoms in total. The van der Waals surface area contributed by atoms with Crippen LogP contribution in [0, 0.1) is 5.92 Å². The maximum atomic E-state index is 12.1. The van der Waals surface area contributed by atoms with Gasteiger partial charge < -0.3 is 10.1 Å². The number of hydrogen-bond acceptors (Lipinski definition) is 4. The van der Waals surface area contributed by atoms with Gasteiger partial charge in [-0.25, -0.2) is 4.68 Å². The number of anilines is 1. The van der Waals surface area contributed by atoms with Crippen LogP contribution in [0.15, 0.2) is 15.5 Å². The quantitative estimate of drug-likeness (QED) is 0.862. The Bertz CT molecular complexity index is 504. The molecule has 1 aromatic rings. The molecule has 6 heteroatoms. The van der Waals surface area contributed by atoms with Crippen LogP contribution in [0.4, 0.5) is 5.69 Å². The Balaban J connectivity index is 2.01. The zero-order valence-corrected chi connectivity index (χ0v) is 13.6. The SMILES string of the molecule is CCCCn1ncc(NCC2CCOC2C)c(Br)c1=O. The van der Waals surface area contributed by atoms with E-state index in [-0.39, 0.29) is 11.7 Å². The lowest BCUT2D eigenvalue weighted by Crippen LogP contribution is -2.26. The largest absolute Gasteiger partial charge is 0.382 e. The maximum Gasteiger partial charge on any atom is 0.283 e. The number of aromatic nitrogens is 2. The summed E-state index contributed by atoms with van der Waals surface area (Å²) >= 11 is 3.38. The minimum absolute atomic E-state index is 0.0702. The number of unbranched alkanes of at least 4 members (excludes halogenated alkanes) is 1. The summed E-state index contributed by atoms with van der Waals surface area (Å²) < 4.78 is 7.62. The van der Waals surface area contributed by atoms with Crippen LogP contribution in [-0.2, 0) is 11.3 Å². The molecule has 2 unspecified atom stereocenters. The minimum Gasteiger partial charge on any atom is -0.382 e. The zero-order valence-electron chi connectivity index (χ0n) is 12.1. The van der Waals surface area contributed by atoms with Crippen molar-refractivity contribution in [1.82, 2.24) is 9.78 Å². The summed E-state index contributed by atoms with van der Waals surface area (Å²) in [4.78, 5) is 12.1. The van der Waals surface area contributed by atoms with Gasteiger partial charge in [0, 0.05) is 25.6 Å². The lowest BCUT2D eigenvalue weighted by molar-refractivity contribution is 0.108. The monoisotopic (exact) mass is 343 g/mol. The van der Waals surface area contributed by atoms with Crippen molar-refractivity contribution in [3.63, 3.8) is 0 Å². The molecule has 0 amide bonds. The van der Waals surface area contributed by atoms with Crippen molar-refractivity contribution in [2.75, 3.05) is 18.5 Å². The van der Waals surface area contributed by atoms with E-state index in [9.17, 15) is 4.79 Å². The Kier molecular flexibility index (Phi) is 5.60. The van der Waals surface area contributed by atoms with E-state index in [1.807, 2.05) is 0 Å². The third kappa shape index (κ3) is 3.61. The fourth-order valence-corrected chi connectivity index (χ4v) is 2.79. The number of ether oxygens (including phenoxy) is 1. The summed E-state index contributed by atoms with van der Waals surface area (Å²) in [5.41, 5.74) is 0.695. The van der Waals surface area contributed by atoms with E-state index in [0.29, 0.717) is 16.9 Å². The third-order valence-electron chi connectivity index (χ3n) is 3.80. The Labute approximate surface area is 127 Å². The summed E-state index contributed by atoms with van der Waals surface area (Å²) in [6.07, 6.45) is 5.07. The van der Waals surface area contributed by atoms with E-state index in [4.69, 9.17) is 4.74 Å². The first kappa shape index (κ1) is 15.5. The molecule has 1 aliphatic heterocycles. The first-order valence-corrected chi connectivity index (χ1v) is 8.04. The van der Waals surface area contributed by atoms with Crippen LogP contribution in [0.2, 0.25) is 0 Å². The summed E-state index contributed by atoms with van der Waals surface area (Å²) in [5.74, 6) is 0.490. The minimum atomic E-state index is -0.0702. The predicted molar refractivity (Wildman–Crippen MR) is 83.1 cm³/mol. The molecule has 2 heterocycles. The molecule has 1 fully saturated rings. The van der Waals surface area contributed by atoms with Crippen molar-refractivity contribution in [3.8, 4) is 0 Å². The normalized spacial score (nSPS) is 22.1. The molecular formula is C14H22BrN3O2. The molecule has 1 saturated heterocycles. The zero-order chi connectivity index (χ0) is 14.5. The number of aryl methyl sites for hydroxylation is 1. The van der Waals surface area contributed by atoms with Gasteiger partial charge in [-0.1, -0.05) is 13.3 Å². The lowest BCUT2D eigenvalue weighted by Gasteiger charge is -2.16. The summed E-state index contributed by atoms with van der Waals surface area (Å²) in [6, 6.07) is 0. The van der Waals surface area contributed by atoms with E-state index in [2.05, 4.69) is 40.2 Å². The molecule has 0 spiro atoms. The lowest BCUT2D eigenvalue weighted by atomic mass is 10.0. The van der Waals surface area contributed by atoms with Crippen molar-refractivity contribution in [3.05, 3.63) is 21.0 Å². The molecule has 1 N–H and O–H groups in total. The van der Waals surface area contributed by atoms with Crippen LogP contribution in [-0.4, -0.2) is 29.0 Å². The van der Waals surface area contributed by atoms with Crippen molar-refractivity contribution in [2.24, 2.45) is 5.92 Å². The van der Waals surface area contributed by atoms with E-state index in [1.54, 1.807) is 6.20 Å². The highest BCUT2D eigenvalue weighted by Crippen LogP contribution is 2.22. The average molecular weight is 344 g/mol. The second kappa shape index (κ2) is 7.22. The molecule has 0 radical (unpaired) electrons. The van der Waals surface area contributed by atoms with Crippen molar-refractivity contribution in [2.45, 2.75) is 45.8 Å². The van der Waals surface area contributed by atoms with Crippen molar-refractivity contribution < 1.29 is 4.74 Å². The van der Waals surface area contributed by atoms with Gasteiger partial charge in [-0.15, -0.1) is 0 Å². The van der Waals surface area contributed by atoms with Gasteiger partial charge in [0.25, 0.3) is 5.56 Å². The fraction of sp³-hybridized carbons (Fsp3) is 0.714. The Morgan fingerprint density at radius 3 is 3.05 bits per heavy atom. The molecule has 0 aromatic carbocycles. The number of rotatable bonds is 6. The molecule has 1 aromatic heterocycles. The van der Waals surface area contributed by atoms with Crippen LogP contribution >= 0.6 is 15.9 Å². The third-order valence-corrected chi connectivity index (χ3v) is 4.56. The van der Waals surface area contributed by atoms with Gasteiger partial charge in [-0.3, -0.25) is 4.79 Å². The highest BCUT2D eigenvalue weighted by molar-refractivity contribution is 9.10. The number of hydrogen-bond donors (Lipinski definition) is 1. The van der Waals surface area contributed by atoms with Gasteiger partial charge in [0.1, 0.15) is 4.47 Å². The predicted octanol–water partition coefficient (Wildman–Crippen LogP) is 2.64. The second-order valence-electron chi connectivity index (χ2n) is 5.26. The Hall–Kier alpha value is -0.880. The molecule has 0 aliphatic carbocycles. The van der Waals surface area contributed by atoms with Crippen molar-refractivity contribution >= 4 is 21.6 Å². The first-order valence-electron chi connectivity index (χ1n) is 7.24. The molecule has 2 atom stereocenters. The maximum absolute atomic E-state index is 12.1. The van der Waals surface area contributed by atoms with Crippen LogP contribution < -0.4 is 10.9 Å². The van der Waals surface area contributed by atoms with Gasteiger partial charge >= 0.3 is 0 Å². The van der Waals surface area contributed by atoms with Gasteiger partial charge in [0.05, 0.1) is 18.0 Å². The van der Waals surface area contributed by atoms with Gasteiger partial charge in [-0.2, -0.15) is 5.10 Å². The molecule has 2 rings (SSSR count). The van der Waals surface area contributed by atoms with Gasteiger partial charge in [-0.05, 0) is 35.7 Å². The molecule has 112 valence electrons. The molecule has 20 heavy (non-hydrogen) atoms. The standard InChI is InChI=1S/C14H22BrN3O2/c1-3-4-6-18-14(19)13(15)12(9-17-18)16-8-11-5-7-20-10(11)2/h9-11,16H,3-8H2,1-2H3. The highest BCUT2D eigenvalue weighted by atomic mass is 79.9. The summed E-state index contributed by atoms with van der Waals surface area (Å²) in [5, 5.41) is 7.53. The molecule has 0 bridgehead atoms. The van der Waals surface area contributed by atoms with Crippen LogP contribution in [0.1, 0.15) is 33.1 Å². The highest BCUT2D eigenvalue weighted by Gasteiger charge is 2.24. The summed E-state index contributed by atoms with van der Waals surface area (Å²) in [7, 11) is 0. The fourth-order valence-electron chi connectivity index (χ4n) is 2.34. The number of nitrogens with zero attached hydrogens (tertiary/aromatic N) is 2. The molecule has 0 saturated carbocycles. The first-order chi connectivity index (χ1) is 9.63. The average Bonchev–Trinajstić information content (AvgIpc) is 2.85. The van der Waals surface area contributed by atoms with Gasteiger partial charge in [0.15, 0.2) is 0 Å². The van der Waals surface area contributed by atoms with E-state index < -0.39 is 0 Å². The second-order valence-corrected chi connectivity index (χ2v) is 6.05. The van der Waals surface area contributed by atoms with Crippen LogP contribution in [0.5, 0.6) is 0 Å². The van der Waals surface area contributed by atoms with E-state index in [1.165, 1.54) is 4.68 Å². The smallest absolute Gasteiger partial charge is 0.283 e. The van der Waals surface area contributed by atoms with E-state index in [0.717, 1.165) is 38.1 Å². The Morgan fingerprint density at radius 1 is 1.60 bits per heavy atom. The number of nitrogens with one attached hydrogen (secondary N) is 1. The number of halogens is 1.